The van der Waals surface area contributed by atoms with Crippen LogP contribution >= 0.6 is 11.8 Å². The molecule has 1 fully saturated rings. The van der Waals surface area contributed by atoms with Crippen molar-refractivity contribution in [3.8, 4) is 0 Å². The van der Waals surface area contributed by atoms with E-state index < -0.39 is 11.4 Å². The number of carbonyl (C=O) groups excluding carboxylic acids is 2. The van der Waals surface area contributed by atoms with E-state index in [4.69, 9.17) is 0 Å². The molecule has 4 nitrogen and oxygen atoms in total. The van der Waals surface area contributed by atoms with Crippen molar-refractivity contribution in [2.75, 3.05) is 5.75 Å². The van der Waals surface area contributed by atoms with Gasteiger partial charge in [0.1, 0.15) is 17.2 Å². The largest absolute Gasteiger partial charge is 0.352 e. The fourth-order valence-corrected chi connectivity index (χ4v) is 4.51. The lowest BCUT2D eigenvalue weighted by atomic mass is 10.1. The zero-order valence-electron chi connectivity index (χ0n) is 16.3. The first-order valence-corrected chi connectivity index (χ1v) is 10.5. The van der Waals surface area contributed by atoms with Crippen LogP contribution in [0.3, 0.4) is 0 Å². The summed E-state index contributed by atoms with van der Waals surface area (Å²) in [5, 5.41) is 2.61. The van der Waals surface area contributed by atoms with Crippen LogP contribution in [-0.4, -0.2) is 34.6 Å². The summed E-state index contributed by atoms with van der Waals surface area (Å²) in [6.07, 6.45) is 0. The molecule has 0 aliphatic carbocycles. The number of thioether (sulfide) groups is 1. The fourth-order valence-electron chi connectivity index (χ4n) is 3.09. The van der Waals surface area contributed by atoms with E-state index in [-0.39, 0.29) is 29.6 Å². The Labute approximate surface area is 169 Å². The number of hydrogen-bond donors (Lipinski definition) is 1. The lowest BCUT2D eigenvalue weighted by Gasteiger charge is -2.30. The minimum absolute atomic E-state index is 0.000558. The Kier molecular flexibility index (Phi) is 6.39. The Morgan fingerprint density at radius 3 is 2.46 bits per heavy atom. The lowest BCUT2D eigenvalue weighted by Crippen LogP contribution is -2.50. The van der Waals surface area contributed by atoms with E-state index in [1.807, 2.05) is 26.8 Å². The van der Waals surface area contributed by atoms with Crippen LogP contribution in [-0.2, 0) is 4.79 Å². The Balaban J connectivity index is 1.93. The standard InChI is InChI=1S/C22H25FN2O2S/c1-14(2)15(3)24-20(26)19-13-28-22(17-10-7-11-18(23)12-17)25(19)21(27)16-8-5-4-6-9-16/h4-12,14-15,19,22H,13H2,1-3H3,(H,24,26)/t15-,19-,22+/m0/s1. The van der Waals surface area contributed by atoms with Crippen LogP contribution in [0.5, 0.6) is 0 Å². The average molecular weight is 401 g/mol. The van der Waals surface area contributed by atoms with Crippen molar-refractivity contribution >= 4 is 23.6 Å². The van der Waals surface area contributed by atoms with Crippen molar-refractivity contribution in [1.29, 1.82) is 0 Å². The zero-order valence-corrected chi connectivity index (χ0v) is 17.1. The van der Waals surface area contributed by atoms with Gasteiger partial charge in [0.05, 0.1) is 0 Å². The summed E-state index contributed by atoms with van der Waals surface area (Å²) in [5.41, 5.74) is 1.20. The number of amides is 2. The predicted octanol–water partition coefficient (Wildman–Crippen LogP) is 4.24. The molecule has 2 amide bonds. The van der Waals surface area contributed by atoms with Gasteiger partial charge in [-0.2, -0.15) is 0 Å². The number of benzene rings is 2. The molecule has 0 spiro atoms. The molecular weight excluding hydrogens is 375 g/mol. The van der Waals surface area contributed by atoms with Crippen LogP contribution in [0.15, 0.2) is 54.6 Å². The molecule has 0 bridgehead atoms. The SMILES string of the molecule is CC(C)[C@H](C)NC(=O)[C@@H]1CS[C@H](c2cccc(F)c2)N1C(=O)c1ccccc1. The Bertz CT molecular complexity index is 843. The summed E-state index contributed by atoms with van der Waals surface area (Å²) in [6, 6.07) is 14.5. The summed E-state index contributed by atoms with van der Waals surface area (Å²) < 4.78 is 13.8. The van der Waals surface area contributed by atoms with E-state index in [9.17, 15) is 14.0 Å². The molecule has 6 heteroatoms. The van der Waals surface area contributed by atoms with Gasteiger partial charge >= 0.3 is 0 Å². The minimum Gasteiger partial charge on any atom is -0.352 e. The molecular formula is C22H25FN2O2S. The second-order valence-electron chi connectivity index (χ2n) is 7.38. The van der Waals surface area contributed by atoms with Crippen LogP contribution in [0.25, 0.3) is 0 Å². The number of nitrogens with one attached hydrogen (secondary N) is 1. The number of halogens is 1. The maximum Gasteiger partial charge on any atom is 0.255 e. The molecule has 28 heavy (non-hydrogen) atoms. The smallest absolute Gasteiger partial charge is 0.255 e. The second kappa shape index (κ2) is 8.78. The van der Waals surface area contributed by atoms with E-state index in [0.717, 1.165) is 0 Å². The number of hydrogen-bond acceptors (Lipinski definition) is 3. The molecule has 0 radical (unpaired) electrons. The van der Waals surface area contributed by atoms with Crippen LogP contribution in [0.1, 0.15) is 42.1 Å². The predicted molar refractivity (Wildman–Crippen MR) is 110 cm³/mol. The van der Waals surface area contributed by atoms with Crippen molar-refractivity contribution in [3.63, 3.8) is 0 Å². The maximum atomic E-state index is 13.8. The van der Waals surface area contributed by atoms with E-state index in [1.165, 1.54) is 23.9 Å². The van der Waals surface area contributed by atoms with Gasteiger partial charge in [-0.15, -0.1) is 11.8 Å². The average Bonchev–Trinajstić information content (AvgIpc) is 3.13. The first-order valence-electron chi connectivity index (χ1n) is 9.43. The molecule has 1 heterocycles. The molecule has 148 valence electrons. The van der Waals surface area contributed by atoms with Crippen molar-refractivity contribution in [2.45, 2.75) is 38.2 Å². The quantitative estimate of drug-likeness (QED) is 0.817. The molecule has 2 aromatic rings. The second-order valence-corrected chi connectivity index (χ2v) is 8.49. The summed E-state index contributed by atoms with van der Waals surface area (Å²) in [4.78, 5) is 27.8. The van der Waals surface area contributed by atoms with Gasteiger partial charge in [-0.05, 0) is 42.7 Å². The van der Waals surface area contributed by atoms with E-state index in [0.29, 0.717) is 16.9 Å². The zero-order chi connectivity index (χ0) is 20.3. The van der Waals surface area contributed by atoms with E-state index in [2.05, 4.69) is 5.32 Å². The van der Waals surface area contributed by atoms with Gasteiger partial charge in [0.15, 0.2) is 0 Å². The summed E-state index contributed by atoms with van der Waals surface area (Å²) in [5.74, 6) is 0.00655. The van der Waals surface area contributed by atoms with Crippen molar-refractivity contribution in [1.82, 2.24) is 10.2 Å². The summed E-state index contributed by atoms with van der Waals surface area (Å²) >= 11 is 1.48. The highest BCUT2D eigenvalue weighted by Gasteiger charge is 2.43. The Morgan fingerprint density at radius 2 is 1.82 bits per heavy atom. The highest BCUT2D eigenvalue weighted by Crippen LogP contribution is 2.42. The topological polar surface area (TPSA) is 49.4 Å². The van der Waals surface area contributed by atoms with Crippen molar-refractivity contribution < 1.29 is 14.0 Å². The molecule has 2 aromatic carbocycles. The molecule has 3 rings (SSSR count). The first kappa shape index (κ1) is 20.4. The van der Waals surface area contributed by atoms with E-state index >= 15 is 0 Å². The van der Waals surface area contributed by atoms with Gasteiger partial charge in [-0.1, -0.05) is 44.2 Å². The molecule has 0 aromatic heterocycles. The number of nitrogens with zero attached hydrogens (tertiary/aromatic N) is 1. The molecule has 0 saturated carbocycles. The van der Waals surface area contributed by atoms with Crippen molar-refractivity contribution in [2.24, 2.45) is 5.92 Å². The number of carbonyl (C=O) groups is 2. The summed E-state index contributed by atoms with van der Waals surface area (Å²) in [7, 11) is 0. The van der Waals surface area contributed by atoms with Crippen LogP contribution in [0.4, 0.5) is 4.39 Å². The van der Waals surface area contributed by atoms with E-state index in [1.54, 1.807) is 41.3 Å². The Hall–Kier alpha value is -2.34. The molecule has 1 N–H and O–H groups in total. The third-order valence-corrected chi connectivity index (χ3v) is 6.39. The van der Waals surface area contributed by atoms with Crippen LogP contribution in [0.2, 0.25) is 0 Å². The molecule has 1 aliphatic rings. The maximum absolute atomic E-state index is 13.8. The van der Waals surface area contributed by atoms with Crippen molar-refractivity contribution in [3.05, 3.63) is 71.5 Å². The molecule has 1 aliphatic heterocycles. The van der Waals surface area contributed by atoms with Gasteiger partial charge < -0.3 is 10.2 Å². The first-order chi connectivity index (χ1) is 13.4. The van der Waals surface area contributed by atoms with Crippen LogP contribution in [0, 0.1) is 11.7 Å². The molecule has 1 saturated heterocycles. The fraction of sp³-hybridized carbons (Fsp3) is 0.364. The molecule has 3 atom stereocenters. The Morgan fingerprint density at radius 1 is 1.11 bits per heavy atom. The van der Waals surface area contributed by atoms with Gasteiger partial charge in [0.2, 0.25) is 5.91 Å². The number of rotatable bonds is 5. The van der Waals surface area contributed by atoms with Crippen LogP contribution < -0.4 is 5.32 Å². The van der Waals surface area contributed by atoms with Gasteiger partial charge in [-0.3, -0.25) is 9.59 Å². The monoisotopic (exact) mass is 400 g/mol. The summed E-state index contributed by atoms with van der Waals surface area (Å²) in [6.45, 7) is 6.03. The lowest BCUT2D eigenvalue weighted by molar-refractivity contribution is -0.125. The minimum atomic E-state index is -0.604. The highest BCUT2D eigenvalue weighted by atomic mass is 32.2. The van der Waals surface area contributed by atoms with Gasteiger partial charge in [0, 0.05) is 17.4 Å². The third-order valence-electron chi connectivity index (χ3n) is 5.06. The van der Waals surface area contributed by atoms with Gasteiger partial charge in [0.25, 0.3) is 5.91 Å². The van der Waals surface area contributed by atoms with Gasteiger partial charge in [-0.25, -0.2) is 4.39 Å². The highest BCUT2D eigenvalue weighted by molar-refractivity contribution is 7.99. The molecule has 0 unspecified atom stereocenters. The normalized spacial score (nSPS) is 20.2. The third kappa shape index (κ3) is 4.38.